The van der Waals surface area contributed by atoms with Crippen LogP contribution in [0.1, 0.15) is 34.1 Å². The van der Waals surface area contributed by atoms with Gasteiger partial charge in [-0.15, -0.1) is 5.10 Å². The van der Waals surface area contributed by atoms with Gasteiger partial charge in [-0.3, -0.25) is 4.79 Å². The molecular formula is C32H31FN6O. The van der Waals surface area contributed by atoms with E-state index in [1.807, 2.05) is 55.5 Å². The molecule has 0 aliphatic carbocycles. The lowest BCUT2D eigenvalue weighted by Gasteiger charge is -2.25. The highest BCUT2D eigenvalue weighted by Crippen LogP contribution is 2.29. The van der Waals surface area contributed by atoms with Gasteiger partial charge in [0.15, 0.2) is 5.82 Å². The molecule has 40 heavy (non-hydrogen) atoms. The molecule has 5 rings (SSSR count). The first kappa shape index (κ1) is 26.6. The van der Waals surface area contributed by atoms with E-state index in [-0.39, 0.29) is 23.1 Å². The Bertz CT molecular complexity index is 1620. The maximum atomic E-state index is 15.1. The number of allylic oxidation sites excluding steroid dienone is 1. The van der Waals surface area contributed by atoms with E-state index in [4.69, 9.17) is 10.1 Å². The number of hydrogen-bond acceptors (Lipinski definition) is 5. The van der Waals surface area contributed by atoms with Gasteiger partial charge in [-0.05, 0) is 54.0 Å². The van der Waals surface area contributed by atoms with Crippen molar-refractivity contribution in [2.24, 2.45) is 0 Å². The quantitative estimate of drug-likeness (QED) is 0.232. The monoisotopic (exact) mass is 534 g/mol. The van der Waals surface area contributed by atoms with E-state index in [0.29, 0.717) is 18.9 Å². The van der Waals surface area contributed by atoms with Gasteiger partial charge in [0, 0.05) is 32.7 Å². The van der Waals surface area contributed by atoms with Crippen LogP contribution in [0.3, 0.4) is 0 Å². The number of anilines is 3. The number of fused-ring (bicyclic) bond motifs is 1. The number of rotatable bonds is 9. The average Bonchev–Trinajstić information content (AvgIpc) is 3.38. The molecule has 8 heteroatoms. The van der Waals surface area contributed by atoms with Gasteiger partial charge in [-0.25, -0.2) is 8.91 Å². The summed E-state index contributed by atoms with van der Waals surface area (Å²) in [6.45, 7) is 7.24. The van der Waals surface area contributed by atoms with Crippen molar-refractivity contribution in [1.82, 2.24) is 19.5 Å². The van der Waals surface area contributed by atoms with Crippen LogP contribution in [0.2, 0.25) is 0 Å². The van der Waals surface area contributed by atoms with Crippen LogP contribution in [-0.2, 0) is 13.1 Å². The highest BCUT2D eigenvalue weighted by molar-refractivity contribution is 5.94. The Hall–Kier alpha value is -4.98. The maximum Gasteiger partial charge on any atom is 0.253 e. The summed E-state index contributed by atoms with van der Waals surface area (Å²) in [5.41, 5.74) is 5.16. The zero-order valence-electron chi connectivity index (χ0n) is 22.8. The number of nitrogens with zero attached hydrogens (tertiary/aromatic N) is 5. The predicted octanol–water partition coefficient (Wildman–Crippen LogP) is 6.55. The standard InChI is InChI=1S/C32H31FN6O/c1-22(2)28-17-18-29-30(38(20-23-11-7-5-8-12-23)21-24-13-9-6-10-14-24)35-32(36-39(28)29)34-27-16-15-25(19-26(27)33)31(40)37(3)4/h5-19H,1,20-21H2,2-4H3,(H,34,36). The van der Waals surface area contributed by atoms with Gasteiger partial charge in [-0.1, -0.05) is 67.2 Å². The summed E-state index contributed by atoms with van der Waals surface area (Å²) in [7, 11) is 3.26. The molecule has 2 aromatic heterocycles. The van der Waals surface area contributed by atoms with Crippen molar-refractivity contribution in [3.63, 3.8) is 0 Å². The molecule has 2 heterocycles. The fraction of sp³-hybridized carbons (Fsp3) is 0.156. The van der Waals surface area contributed by atoms with E-state index in [9.17, 15) is 4.79 Å². The first-order chi connectivity index (χ1) is 19.3. The van der Waals surface area contributed by atoms with Crippen LogP contribution >= 0.6 is 0 Å². The van der Waals surface area contributed by atoms with Crippen LogP contribution in [0.4, 0.5) is 21.8 Å². The molecule has 0 atom stereocenters. The van der Waals surface area contributed by atoms with Crippen LogP contribution in [0.15, 0.2) is 97.6 Å². The molecule has 0 saturated carbocycles. The fourth-order valence-corrected chi connectivity index (χ4v) is 4.53. The Morgan fingerprint density at radius 3 is 2.10 bits per heavy atom. The second kappa shape index (κ2) is 11.4. The molecule has 5 aromatic rings. The molecular weight excluding hydrogens is 503 g/mol. The van der Waals surface area contributed by atoms with Gasteiger partial charge in [-0.2, -0.15) is 4.98 Å². The van der Waals surface area contributed by atoms with Gasteiger partial charge in [0.25, 0.3) is 5.91 Å². The zero-order valence-corrected chi connectivity index (χ0v) is 22.8. The van der Waals surface area contributed by atoms with E-state index in [2.05, 4.69) is 41.1 Å². The molecule has 0 aliphatic rings. The molecule has 0 saturated heterocycles. The van der Waals surface area contributed by atoms with E-state index in [1.165, 1.54) is 17.0 Å². The average molecular weight is 535 g/mol. The minimum atomic E-state index is -0.573. The lowest BCUT2D eigenvalue weighted by Crippen LogP contribution is -2.25. The Kier molecular flexibility index (Phi) is 7.59. The Morgan fingerprint density at radius 2 is 1.55 bits per heavy atom. The molecule has 0 unspecified atom stereocenters. The van der Waals surface area contributed by atoms with E-state index in [1.54, 1.807) is 24.7 Å². The van der Waals surface area contributed by atoms with Gasteiger partial charge in [0.05, 0.1) is 11.4 Å². The summed E-state index contributed by atoms with van der Waals surface area (Å²) in [6.07, 6.45) is 0. The summed E-state index contributed by atoms with van der Waals surface area (Å²) < 4.78 is 16.9. The summed E-state index contributed by atoms with van der Waals surface area (Å²) in [5, 5.41) is 7.74. The van der Waals surface area contributed by atoms with Crippen molar-refractivity contribution in [3.8, 4) is 0 Å². The third-order valence-electron chi connectivity index (χ3n) is 6.53. The summed E-state index contributed by atoms with van der Waals surface area (Å²) >= 11 is 0. The molecule has 0 radical (unpaired) electrons. The normalized spacial score (nSPS) is 10.9. The zero-order chi connectivity index (χ0) is 28.2. The van der Waals surface area contributed by atoms with Gasteiger partial charge < -0.3 is 15.1 Å². The van der Waals surface area contributed by atoms with Crippen LogP contribution in [0.5, 0.6) is 0 Å². The molecule has 7 nitrogen and oxygen atoms in total. The molecule has 3 aromatic carbocycles. The molecule has 1 amide bonds. The van der Waals surface area contributed by atoms with Crippen molar-refractivity contribution in [2.75, 3.05) is 24.3 Å². The molecule has 0 spiro atoms. The predicted molar refractivity (Wildman–Crippen MR) is 158 cm³/mol. The summed E-state index contributed by atoms with van der Waals surface area (Å²) in [6, 6.07) is 28.7. The van der Waals surface area contributed by atoms with Crippen LogP contribution in [-0.4, -0.2) is 39.5 Å². The number of nitrogens with one attached hydrogen (secondary N) is 1. The van der Waals surface area contributed by atoms with Crippen LogP contribution in [0.25, 0.3) is 11.1 Å². The van der Waals surface area contributed by atoms with Gasteiger partial charge >= 0.3 is 0 Å². The molecule has 0 aliphatic heterocycles. The molecule has 0 fully saturated rings. The SMILES string of the molecule is C=C(C)c1ccc2c(N(Cc3ccccc3)Cc3ccccc3)nc(Nc3ccc(C(=O)N(C)C)cc3F)nn12. The number of hydrogen-bond donors (Lipinski definition) is 1. The highest BCUT2D eigenvalue weighted by Gasteiger charge is 2.20. The number of carbonyl (C=O) groups is 1. The first-order valence-corrected chi connectivity index (χ1v) is 13.0. The number of halogens is 1. The second-order valence-electron chi connectivity index (χ2n) is 9.90. The number of carbonyl (C=O) groups excluding carboxylic acids is 1. The molecule has 202 valence electrons. The minimum absolute atomic E-state index is 0.169. The van der Waals surface area contributed by atoms with Gasteiger partial charge in [0.2, 0.25) is 5.95 Å². The Labute approximate surface area is 233 Å². The lowest BCUT2D eigenvalue weighted by atomic mass is 10.1. The van der Waals surface area contributed by atoms with Crippen molar-refractivity contribution in [3.05, 3.63) is 126 Å². The molecule has 1 N–H and O–H groups in total. The lowest BCUT2D eigenvalue weighted by molar-refractivity contribution is 0.0827. The number of amides is 1. The Balaban J connectivity index is 1.60. The van der Waals surface area contributed by atoms with Crippen LogP contribution < -0.4 is 10.2 Å². The van der Waals surface area contributed by atoms with Crippen molar-refractivity contribution >= 4 is 34.5 Å². The minimum Gasteiger partial charge on any atom is -0.346 e. The largest absolute Gasteiger partial charge is 0.346 e. The Morgan fingerprint density at radius 1 is 0.925 bits per heavy atom. The summed E-state index contributed by atoms with van der Waals surface area (Å²) in [5.74, 6) is 0.0627. The highest BCUT2D eigenvalue weighted by atomic mass is 19.1. The molecule has 0 bridgehead atoms. The van der Waals surface area contributed by atoms with Gasteiger partial charge in [0.1, 0.15) is 11.3 Å². The van der Waals surface area contributed by atoms with Crippen LogP contribution in [0, 0.1) is 5.82 Å². The van der Waals surface area contributed by atoms with Crippen molar-refractivity contribution in [1.29, 1.82) is 0 Å². The van der Waals surface area contributed by atoms with E-state index in [0.717, 1.165) is 27.9 Å². The second-order valence-corrected chi connectivity index (χ2v) is 9.90. The fourth-order valence-electron chi connectivity index (χ4n) is 4.53. The van der Waals surface area contributed by atoms with E-state index < -0.39 is 5.82 Å². The third kappa shape index (κ3) is 5.71. The summed E-state index contributed by atoms with van der Waals surface area (Å²) in [4.78, 5) is 20.8. The number of benzene rings is 3. The third-order valence-corrected chi connectivity index (χ3v) is 6.53. The topological polar surface area (TPSA) is 65.8 Å². The first-order valence-electron chi connectivity index (χ1n) is 13.0. The van der Waals surface area contributed by atoms with E-state index >= 15 is 4.39 Å². The van der Waals surface area contributed by atoms with Crippen molar-refractivity contribution in [2.45, 2.75) is 20.0 Å². The number of aromatic nitrogens is 3. The smallest absolute Gasteiger partial charge is 0.253 e. The van der Waals surface area contributed by atoms with Crippen molar-refractivity contribution < 1.29 is 9.18 Å². The maximum absolute atomic E-state index is 15.1.